The Bertz CT molecular complexity index is 1890. The molecule has 2 aromatic rings. The fraction of sp³-hybridized carbons (Fsp3) is 0.441. The van der Waals surface area contributed by atoms with Gasteiger partial charge in [0.2, 0.25) is 0 Å². The van der Waals surface area contributed by atoms with Crippen LogP contribution in [0.3, 0.4) is 0 Å². The van der Waals surface area contributed by atoms with Gasteiger partial charge in [-0.15, -0.1) is 0 Å². The second kappa shape index (κ2) is 12.1. The predicted molar refractivity (Wildman–Crippen MR) is 175 cm³/mol. The zero-order valence-electron chi connectivity index (χ0n) is 26.7. The number of anilines is 1. The second-order valence-corrected chi connectivity index (χ2v) is 13.2. The average molecular weight is 663 g/mol. The van der Waals surface area contributed by atoms with E-state index in [4.69, 9.17) is 18.9 Å². The van der Waals surface area contributed by atoms with Crippen LogP contribution in [0.2, 0.25) is 0 Å². The summed E-state index contributed by atoms with van der Waals surface area (Å²) in [7, 11) is 0. The maximum atomic E-state index is 13.2. The minimum atomic E-state index is -2.34. The Balaban J connectivity index is 1.12. The van der Waals surface area contributed by atoms with Gasteiger partial charge >= 0.3 is 0 Å². The quantitative estimate of drug-likeness (QED) is 0.168. The molecule has 6 heterocycles. The van der Waals surface area contributed by atoms with Crippen molar-refractivity contribution in [3.8, 4) is 5.75 Å². The van der Waals surface area contributed by atoms with Crippen molar-refractivity contribution < 1.29 is 44.5 Å². The molecule has 0 bridgehead atoms. The molecule has 0 fully saturated rings. The number of hydrogen-bond acceptors (Lipinski definition) is 14. The Labute approximate surface area is 275 Å². The van der Waals surface area contributed by atoms with E-state index in [0.717, 1.165) is 11.3 Å². The number of benzene rings is 1. The zero-order chi connectivity index (χ0) is 34.0. The van der Waals surface area contributed by atoms with E-state index < -0.39 is 48.8 Å². The maximum Gasteiger partial charge on any atom is 0.193 e. The SMILES string of the molecule is Cc1cc(=O)c2cc3c(c(N4C=C5N=CC=C5C4)c2o1)OC(C)(C)C(OOCC(O)C(O)(CN1CC=C2N=CC=C21)C(O)C(O)CO)C3. The van der Waals surface area contributed by atoms with Gasteiger partial charge in [-0.3, -0.25) is 14.8 Å². The first-order valence-corrected chi connectivity index (χ1v) is 15.8. The van der Waals surface area contributed by atoms with Crippen molar-refractivity contribution >= 4 is 29.1 Å². The number of β-amino-alcohol motifs (C(OH)–C–C–N with tert-alkyl or cyclic N) is 1. The van der Waals surface area contributed by atoms with Crippen LogP contribution in [0.5, 0.6) is 5.75 Å². The summed E-state index contributed by atoms with van der Waals surface area (Å²) in [6, 6.07) is 3.17. The van der Waals surface area contributed by atoms with Gasteiger partial charge in [0.25, 0.3) is 0 Å². The van der Waals surface area contributed by atoms with Crippen LogP contribution in [0.15, 0.2) is 78.4 Å². The number of ether oxygens (including phenoxy) is 1. The molecule has 0 radical (unpaired) electrons. The summed E-state index contributed by atoms with van der Waals surface area (Å²) < 4.78 is 12.7. The van der Waals surface area contributed by atoms with Gasteiger partial charge in [0, 0.05) is 48.8 Å². The molecule has 48 heavy (non-hydrogen) atoms. The smallest absolute Gasteiger partial charge is 0.193 e. The van der Waals surface area contributed by atoms with Crippen LogP contribution >= 0.6 is 0 Å². The van der Waals surface area contributed by atoms with Gasteiger partial charge in [0.05, 0.1) is 42.2 Å². The molecule has 254 valence electrons. The van der Waals surface area contributed by atoms with E-state index in [9.17, 15) is 30.3 Å². The predicted octanol–water partition coefficient (Wildman–Crippen LogP) is 0.778. The highest BCUT2D eigenvalue weighted by molar-refractivity contribution is 5.96. The highest BCUT2D eigenvalue weighted by atomic mass is 17.2. The van der Waals surface area contributed by atoms with E-state index in [1.54, 1.807) is 36.4 Å². The lowest BCUT2D eigenvalue weighted by atomic mass is 9.86. The molecule has 14 nitrogen and oxygen atoms in total. The molecule has 0 spiro atoms. The summed E-state index contributed by atoms with van der Waals surface area (Å²) in [4.78, 5) is 36.8. The first kappa shape index (κ1) is 32.4. The van der Waals surface area contributed by atoms with Crippen molar-refractivity contribution in [2.24, 2.45) is 9.98 Å². The lowest BCUT2D eigenvalue weighted by molar-refractivity contribution is -0.363. The molecule has 0 aliphatic carbocycles. The summed E-state index contributed by atoms with van der Waals surface area (Å²) in [5.74, 6) is 0.995. The minimum Gasteiger partial charge on any atom is -0.482 e. The Morgan fingerprint density at radius 3 is 2.69 bits per heavy atom. The maximum absolute atomic E-state index is 13.2. The number of aliphatic hydroxyl groups is 5. The molecule has 5 N–H and O–H groups in total. The fourth-order valence-electron chi connectivity index (χ4n) is 6.70. The molecular weight excluding hydrogens is 624 g/mol. The number of hydrogen-bond donors (Lipinski definition) is 5. The molecule has 0 amide bonds. The number of nitrogens with zero attached hydrogens (tertiary/aromatic N) is 4. The number of aliphatic imine (C=N–C) groups is 2. The summed E-state index contributed by atoms with van der Waals surface area (Å²) in [6.07, 6.45) is 4.84. The van der Waals surface area contributed by atoms with E-state index >= 15 is 0 Å². The Kier molecular flexibility index (Phi) is 8.15. The Morgan fingerprint density at radius 1 is 1.15 bits per heavy atom. The molecule has 7 rings (SSSR count). The van der Waals surface area contributed by atoms with Gasteiger partial charge in [-0.2, -0.15) is 0 Å². The number of fused-ring (bicyclic) bond motifs is 4. The third-order valence-corrected chi connectivity index (χ3v) is 9.47. The summed E-state index contributed by atoms with van der Waals surface area (Å²) in [5, 5.41) is 53.8. The highest BCUT2D eigenvalue weighted by Crippen LogP contribution is 2.47. The molecule has 5 unspecified atom stereocenters. The molecule has 0 saturated carbocycles. The van der Waals surface area contributed by atoms with Crippen LogP contribution in [-0.4, -0.2) is 111 Å². The largest absolute Gasteiger partial charge is 0.482 e. The van der Waals surface area contributed by atoms with Crippen LogP contribution in [0.25, 0.3) is 11.0 Å². The number of aryl methyl sites for hydroxylation is 1. The van der Waals surface area contributed by atoms with Crippen molar-refractivity contribution in [1.82, 2.24) is 4.90 Å². The molecule has 0 saturated heterocycles. The summed E-state index contributed by atoms with van der Waals surface area (Å²) in [6.45, 7) is 4.48. The molecule has 5 atom stereocenters. The van der Waals surface area contributed by atoms with Gasteiger partial charge in [0.1, 0.15) is 53.7 Å². The average Bonchev–Trinajstić information content (AvgIpc) is 3.83. The lowest BCUT2D eigenvalue weighted by Crippen LogP contribution is -2.63. The molecule has 14 heteroatoms. The minimum absolute atomic E-state index is 0.202. The first-order chi connectivity index (χ1) is 22.9. The van der Waals surface area contributed by atoms with Gasteiger partial charge in [-0.25, -0.2) is 9.78 Å². The highest BCUT2D eigenvalue weighted by Gasteiger charge is 2.49. The van der Waals surface area contributed by atoms with Crippen LogP contribution < -0.4 is 15.1 Å². The van der Waals surface area contributed by atoms with E-state index in [1.165, 1.54) is 6.07 Å². The third kappa shape index (κ3) is 5.48. The van der Waals surface area contributed by atoms with Crippen LogP contribution in [0.1, 0.15) is 25.2 Å². The van der Waals surface area contributed by atoms with Crippen molar-refractivity contribution in [3.05, 3.63) is 80.8 Å². The van der Waals surface area contributed by atoms with Crippen LogP contribution in [0.4, 0.5) is 5.69 Å². The van der Waals surface area contributed by atoms with E-state index in [1.807, 2.05) is 37.1 Å². The molecule has 5 aliphatic rings. The number of allylic oxidation sites excluding steroid dienone is 2. The van der Waals surface area contributed by atoms with Crippen molar-refractivity contribution in [1.29, 1.82) is 0 Å². The standard InChI is InChI=1S/C34H38N4O10/c1-18-10-25(40)21-11-20-12-28(33(2,3)47-30(20)29(31(21)46-18)38-13-19-4-7-36-23(19)14-38)48-45-16-27(42)34(44,32(43)26(41)15-39)17-37-9-6-22-24(37)5-8-35-22/h4-8,10-11,14,26-28,32,39,41-44H,9,12-13,15-17H2,1-3H3. The van der Waals surface area contributed by atoms with Crippen molar-refractivity contribution in [3.63, 3.8) is 0 Å². The van der Waals surface area contributed by atoms with Gasteiger partial charge in [-0.05, 0) is 45.1 Å². The Morgan fingerprint density at radius 2 is 1.92 bits per heavy atom. The summed E-state index contributed by atoms with van der Waals surface area (Å²) >= 11 is 0. The lowest BCUT2D eigenvalue weighted by Gasteiger charge is -2.42. The van der Waals surface area contributed by atoms with Crippen molar-refractivity contribution in [2.45, 2.75) is 62.8 Å². The third-order valence-electron chi connectivity index (χ3n) is 9.47. The van der Waals surface area contributed by atoms with Crippen LogP contribution in [-0.2, 0) is 16.2 Å². The molecular formula is C34H38N4O10. The first-order valence-electron chi connectivity index (χ1n) is 15.8. The normalized spacial score (nSPS) is 23.5. The van der Waals surface area contributed by atoms with Crippen LogP contribution in [0, 0.1) is 6.92 Å². The zero-order valence-corrected chi connectivity index (χ0v) is 26.7. The van der Waals surface area contributed by atoms with Gasteiger partial charge in [-0.1, -0.05) is 0 Å². The molecule has 5 aliphatic heterocycles. The Hall–Kier alpha value is -4.15. The van der Waals surface area contributed by atoms with Gasteiger partial charge < -0.3 is 44.5 Å². The topological polar surface area (TPSA) is 190 Å². The number of aliphatic hydroxyl groups excluding tert-OH is 4. The van der Waals surface area contributed by atoms with E-state index in [0.29, 0.717) is 58.2 Å². The summed E-state index contributed by atoms with van der Waals surface area (Å²) in [5.41, 5.74) is 1.40. The molecule has 1 aromatic carbocycles. The van der Waals surface area contributed by atoms with E-state index in [-0.39, 0.29) is 18.4 Å². The van der Waals surface area contributed by atoms with Crippen molar-refractivity contribution in [2.75, 3.05) is 37.7 Å². The monoisotopic (exact) mass is 662 g/mol. The number of rotatable bonds is 11. The second-order valence-electron chi connectivity index (χ2n) is 13.2. The molecule has 1 aromatic heterocycles. The fourth-order valence-corrected chi connectivity index (χ4v) is 6.70. The van der Waals surface area contributed by atoms with Gasteiger partial charge in [0.15, 0.2) is 16.8 Å². The van der Waals surface area contributed by atoms with E-state index in [2.05, 4.69) is 9.98 Å².